The van der Waals surface area contributed by atoms with Crippen LogP contribution >= 0.6 is 0 Å². The summed E-state index contributed by atoms with van der Waals surface area (Å²) < 4.78 is 29.3. The smallest absolute Gasteiger partial charge is 0.296 e. The van der Waals surface area contributed by atoms with E-state index in [9.17, 15) is 8.42 Å². The summed E-state index contributed by atoms with van der Waals surface area (Å²) in [5, 5.41) is 8.98. The van der Waals surface area contributed by atoms with Crippen molar-refractivity contribution in [3.63, 3.8) is 0 Å². The molecule has 12 heavy (non-hydrogen) atoms. The Morgan fingerprint density at radius 1 is 1.50 bits per heavy atom. The van der Waals surface area contributed by atoms with Gasteiger partial charge in [0.1, 0.15) is 0 Å². The van der Waals surface area contributed by atoms with E-state index < -0.39 is 15.6 Å². The van der Waals surface area contributed by atoms with Crippen molar-refractivity contribution < 1.29 is 18.1 Å². The Hall–Kier alpha value is -0.980. The summed E-state index contributed by atoms with van der Waals surface area (Å²) >= 11 is 0. The quantitative estimate of drug-likeness (QED) is 0.637. The number of pyridine rings is 1. The van der Waals surface area contributed by atoms with Gasteiger partial charge in [0.05, 0.1) is 0 Å². The van der Waals surface area contributed by atoms with E-state index in [1.54, 1.807) is 0 Å². The van der Waals surface area contributed by atoms with Crippen molar-refractivity contribution in [1.29, 1.82) is 0 Å². The van der Waals surface area contributed by atoms with Crippen LogP contribution in [0.1, 0.15) is 11.0 Å². The molecule has 1 heterocycles. The third-order valence-corrected chi connectivity index (χ3v) is 2.09. The lowest BCUT2D eigenvalue weighted by atomic mass is 10.3. The third-order valence-electron chi connectivity index (χ3n) is 1.25. The van der Waals surface area contributed by atoms with E-state index in [1.165, 1.54) is 24.5 Å². The van der Waals surface area contributed by atoms with Crippen molar-refractivity contribution in [2.24, 2.45) is 0 Å². The van der Waals surface area contributed by atoms with Gasteiger partial charge in [-0.2, -0.15) is 8.42 Å². The minimum atomic E-state index is -4.44. The normalized spacial score (nSPS) is 14.2. The van der Waals surface area contributed by atoms with Crippen LogP contribution in [0.4, 0.5) is 0 Å². The molecular weight excluding hydrogens is 182 g/mol. The first-order chi connectivity index (χ1) is 5.52. The molecule has 0 saturated carbocycles. The van der Waals surface area contributed by atoms with Gasteiger partial charge in [-0.25, -0.2) is 0 Å². The maximum atomic E-state index is 10.4. The predicted molar refractivity (Wildman–Crippen MR) is 40.7 cm³/mol. The zero-order valence-electron chi connectivity index (χ0n) is 5.95. The van der Waals surface area contributed by atoms with E-state index in [1.807, 2.05) is 0 Å². The maximum absolute atomic E-state index is 10.4. The van der Waals surface area contributed by atoms with Gasteiger partial charge < -0.3 is 5.11 Å². The second kappa shape index (κ2) is 3.18. The Morgan fingerprint density at radius 3 is 2.58 bits per heavy atom. The van der Waals surface area contributed by atoms with E-state index >= 15 is 0 Å². The molecule has 0 radical (unpaired) electrons. The van der Waals surface area contributed by atoms with Gasteiger partial charge in [0.2, 0.25) is 5.44 Å². The first-order valence-corrected chi connectivity index (χ1v) is 4.56. The average molecular weight is 189 g/mol. The summed E-state index contributed by atoms with van der Waals surface area (Å²) in [7, 11) is -4.44. The van der Waals surface area contributed by atoms with Crippen LogP contribution in [0.2, 0.25) is 0 Å². The molecule has 0 aliphatic heterocycles. The van der Waals surface area contributed by atoms with Gasteiger partial charge in [-0.05, 0) is 6.07 Å². The highest BCUT2D eigenvalue weighted by molar-refractivity contribution is 7.85. The minimum absolute atomic E-state index is 0.0417. The number of hydrogen-bond acceptors (Lipinski definition) is 4. The van der Waals surface area contributed by atoms with Crippen molar-refractivity contribution in [2.75, 3.05) is 0 Å². The van der Waals surface area contributed by atoms with Crippen LogP contribution < -0.4 is 0 Å². The van der Waals surface area contributed by atoms with Gasteiger partial charge in [0.15, 0.2) is 0 Å². The number of aliphatic hydroxyl groups excluding tert-OH is 1. The lowest BCUT2D eigenvalue weighted by molar-refractivity contribution is 0.238. The molecule has 1 rings (SSSR count). The van der Waals surface area contributed by atoms with Crippen LogP contribution in [-0.2, 0) is 10.1 Å². The number of nitrogens with zero attached hydrogens (tertiary/aromatic N) is 1. The zero-order valence-corrected chi connectivity index (χ0v) is 6.77. The first kappa shape index (κ1) is 9.11. The number of rotatable bonds is 2. The number of aliphatic hydroxyl groups is 1. The van der Waals surface area contributed by atoms with E-state index in [0.717, 1.165) is 0 Å². The van der Waals surface area contributed by atoms with Gasteiger partial charge in [-0.3, -0.25) is 9.54 Å². The largest absolute Gasteiger partial charge is 0.371 e. The van der Waals surface area contributed by atoms with Crippen LogP contribution in [0, 0.1) is 0 Å². The summed E-state index contributed by atoms with van der Waals surface area (Å²) in [5.74, 6) is 0. The molecule has 6 heteroatoms. The molecule has 2 N–H and O–H groups in total. The fraction of sp³-hybridized carbons (Fsp3) is 0.167. The Bertz CT molecular complexity index is 347. The predicted octanol–water partition coefficient (Wildman–Crippen LogP) is -0.0397. The lowest BCUT2D eigenvalue weighted by Crippen LogP contribution is -2.11. The fourth-order valence-corrected chi connectivity index (χ4v) is 1.18. The summed E-state index contributed by atoms with van der Waals surface area (Å²) in [6.07, 6.45) is 2.60. The molecule has 0 spiro atoms. The van der Waals surface area contributed by atoms with Gasteiger partial charge in [-0.1, -0.05) is 6.07 Å². The third kappa shape index (κ3) is 2.00. The monoisotopic (exact) mass is 189 g/mol. The fourth-order valence-electron chi connectivity index (χ4n) is 0.694. The Balaban J connectivity index is 3.02. The van der Waals surface area contributed by atoms with Crippen molar-refractivity contribution in [1.82, 2.24) is 4.98 Å². The van der Waals surface area contributed by atoms with E-state index in [2.05, 4.69) is 4.98 Å². The Labute approximate surface area is 69.4 Å². The van der Waals surface area contributed by atoms with Crippen molar-refractivity contribution in [3.8, 4) is 0 Å². The number of aromatic nitrogens is 1. The second-order valence-electron chi connectivity index (χ2n) is 2.15. The lowest BCUT2D eigenvalue weighted by Gasteiger charge is -2.05. The molecule has 1 aromatic rings. The highest BCUT2D eigenvalue weighted by Crippen LogP contribution is 2.15. The molecule has 0 amide bonds. The molecular formula is C6H7NO4S. The molecule has 0 unspecified atom stereocenters. The standard InChI is InChI=1S/C6H7NO4S/c8-6(12(9,10)11)5-2-1-3-7-4-5/h1-4,6,8H,(H,9,10,11)/t6-/m1/s1. The van der Waals surface area contributed by atoms with E-state index in [0.29, 0.717) is 0 Å². The SMILES string of the molecule is O=S(=O)(O)[C@@H](O)c1cccnc1. The topological polar surface area (TPSA) is 87.5 Å². The molecule has 0 aromatic carbocycles. The first-order valence-electron chi connectivity index (χ1n) is 3.06. The maximum Gasteiger partial charge on any atom is 0.296 e. The minimum Gasteiger partial charge on any atom is -0.371 e. The van der Waals surface area contributed by atoms with Gasteiger partial charge in [0, 0.05) is 18.0 Å². The second-order valence-corrected chi connectivity index (χ2v) is 3.63. The zero-order chi connectivity index (χ0) is 9.19. The highest BCUT2D eigenvalue weighted by atomic mass is 32.2. The van der Waals surface area contributed by atoms with Crippen LogP contribution in [0.25, 0.3) is 0 Å². The summed E-state index contributed by atoms with van der Waals surface area (Å²) in [4.78, 5) is 3.58. The highest BCUT2D eigenvalue weighted by Gasteiger charge is 2.21. The van der Waals surface area contributed by atoms with E-state index in [-0.39, 0.29) is 5.56 Å². The van der Waals surface area contributed by atoms with Crippen LogP contribution in [0.5, 0.6) is 0 Å². The van der Waals surface area contributed by atoms with Crippen molar-refractivity contribution >= 4 is 10.1 Å². The summed E-state index contributed by atoms with van der Waals surface area (Å²) in [6.45, 7) is 0. The van der Waals surface area contributed by atoms with Gasteiger partial charge in [-0.15, -0.1) is 0 Å². The van der Waals surface area contributed by atoms with Crippen LogP contribution in [-0.4, -0.2) is 23.1 Å². The summed E-state index contributed by atoms with van der Waals surface area (Å²) in [5.41, 5.74) is -1.87. The molecule has 0 saturated heterocycles. The molecule has 1 atom stereocenters. The Morgan fingerprint density at radius 2 is 2.17 bits per heavy atom. The molecule has 0 fully saturated rings. The van der Waals surface area contributed by atoms with Crippen molar-refractivity contribution in [3.05, 3.63) is 30.1 Å². The average Bonchev–Trinajstić information content (AvgIpc) is 2.03. The molecule has 0 aliphatic rings. The molecule has 0 aliphatic carbocycles. The van der Waals surface area contributed by atoms with Crippen LogP contribution in [0.3, 0.4) is 0 Å². The molecule has 5 nitrogen and oxygen atoms in total. The van der Waals surface area contributed by atoms with Gasteiger partial charge >= 0.3 is 0 Å². The molecule has 0 bridgehead atoms. The molecule has 66 valence electrons. The van der Waals surface area contributed by atoms with Gasteiger partial charge in [0.25, 0.3) is 10.1 Å². The van der Waals surface area contributed by atoms with Crippen LogP contribution in [0.15, 0.2) is 24.5 Å². The van der Waals surface area contributed by atoms with Crippen molar-refractivity contribution in [2.45, 2.75) is 5.44 Å². The Kier molecular flexibility index (Phi) is 2.41. The molecule has 1 aromatic heterocycles. The van der Waals surface area contributed by atoms with E-state index in [4.69, 9.17) is 9.66 Å². The number of hydrogen-bond donors (Lipinski definition) is 2. The summed E-state index contributed by atoms with van der Waals surface area (Å²) in [6, 6.07) is 2.81.